The molecule has 1 aromatic heterocycles. The van der Waals surface area contributed by atoms with Crippen LogP contribution in [0.2, 0.25) is 0 Å². The number of hydrogen-bond donors (Lipinski definition) is 0. The van der Waals surface area contributed by atoms with E-state index in [9.17, 15) is 0 Å². The molecule has 4 rings (SSSR count). The molecule has 3 heterocycles. The first-order valence-corrected chi connectivity index (χ1v) is 9.53. The van der Waals surface area contributed by atoms with Crippen LogP contribution in [0.5, 0.6) is 0 Å². The first-order chi connectivity index (χ1) is 11.6. The molecule has 0 saturated carbocycles. The fraction of sp³-hybridized carbons (Fsp3) is 0.400. The number of aromatic nitrogens is 1. The molecule has 24 heavy (non-hydrogen) atoms. The Bertz CT molecular complexity index is 739. The summed E-state index contributed by atoms with van der Waals surface area (Å²) in [5.41, 5.74) is 3.78. The van der Waals surface area contributed by atoms with Gasteiger partial charge >= 0.3 is 0 Å². The molecule has 0 N–H and O–H groups in total. The molecule has 1 saturated heterocycles. The lowest BCUT2D eigenvalue weighted by Gasteiger charge is -2.27. The van der Waals surface area contributed by atoms with E-state index < -0.39 is 0 Å². The Balaban J connectivity index is 1.72. The molecule has 0 bridgehead atoms. The molecule has 1 aromatic carbocycles. The lowest BCUT2D eigenvalue weighted by molar-refractivity contribution is 0.321. The Labute approximate surface area is 148 Å². The normalized spacial score (nSPS) is 25.9. The van der Waals surface area contributed by atoms with Crippen LogP contribution in [0, 0.1) is 0 Å². The van der Waals surface area contributed by atoms with Crippen LogP contribution < -0.4 is 0 Å². The molecule has 0 aliphatic carbocycles. The largest absolute Gasteiger partial charge is 0.341 e. The predicted octanol–water partition coefficient (Wildman–Crippen LogP) is 4.79. The maximum atomic E-state index is 5.03. The van der Waals surface area contributed by atoms with Gasteiger partial charge in [0, 0.05) is 18.0 Å². The minimum Gasteiger partial charge on any atom is -0.341 e. The molecule has 0 amide bonds. The van der Waals surface area contributed by atoms with Gasteiger partial charge in [-0.3, -0.25) is 9.98 Å². The number of aliphatic imine (C=N–C) groups is 1. The van der Waals surface area contributed by atoms with E-state index in [2.05, 4.69) is 67.1 Å². The second kappa shape index (κ2) is 6.25. The maximum absolute atomic E-state index is 5.03. The fourth-order valence-electron chi connectivity index (χ4n) is 3.56. The van der Waals surface area contributed by atoms with Gasteiger partial charge in [-0.05, 0) is 29.2 Å². The van der Waals surface area contributed by atoms with Crippen molar-refractivity contribution in [2.24, 2.45) is 4.99 Å². The van der Waals surface area contributed by atoms with Gasteiger partial charge in [0.25, 0.3) is 0 Å². The zero-order valence-corrected chi connectivity index (χ0v) is 15.2. The van der Waals surface area contributed by atoms with Crippen LogP contribution >= 0.6 is 11.8 Å². The van der Waals surface area contributed by atoms with Crippen LogP contribution in [0.3, 0.4) is 0 Å². The molecule has 2 aliphatic rings. The summed E-state index contributed by atoms with van der Waals surface area (Å²) in [4.78, 5) is 12.1. The molecule has 0 radical (unpaired) electrons. The SMILES string of the molecule is CC(C)c1ccc([C@@H]2[C@H](c3ccccn3)N=C3S[C@H](C)CN32)cc1. The summed E-state index contributed by atoms with van der Waals surface area (Å²) in [5, 5.41) is 1.78. The summed E-state index contributed by atoms with van der Waals surface area (Å²) in [6.45, 7) is 7.81. The number of fused-ring (bicyclic) bond motifs is 1. The van der Waals surface area contributed by atoms with Crippen molar-refractivity contribution in [2.75, 3.05) is 6.54 Å². The highest BCUT2D eigenvalue weighted by Gasteiger charge is 2.43. The quantitative estimate of drug-likeness (QED) is 0.806. The van der Waals surface area contributed by atoms with Crippen LogP contribution in [-0.2, 0) is 0 Å². The summed E-state index contributed by atoms with van der Waals surface area (Å²) in [6, 6.07) is 15.6. The third kappa shape index (κ3) is 2.73. The van der Waals surface area contributed by atoms with Gasteiger partial charge in [-0.15, -0.1) is 0 Å². The minimum absolute atomic E-state index is 0.0890. The van der Waals surface area contributed by atoms with Crippen molar-refractivity contribution in [1.29, 1.82) is 0 Å². The van der Waals surface area contributed by atoms with Gasteiger partial charge in [0.05, 0.1) is 11.7 Å². The van der Waals surface area contributed by atoms with Gasteiger partial charge in [0.2, 0.25) is 0 Å². The van der Waals surface area contributed by atoms with E-state index in [-0.39, 0.29) is 12.1 Å². The second-order valence-corrected chi connectivity index (χ2v) is 8.36. The molecule has 4 heteroatoms. The van der Waals surface area contributed by atoms with Crippen LogP contribution in [-0.4, -0.2) is 26.8 Å². The number of nitrogens with zero attached hydrogens (tertiary/aromatic N) is 3. The number of pyridine rings is 1. The number of thioether (sulfide) groups is 1. The standard InChI is InChI=1S/C20H23N3S/c1-13(2)15-7-9-16(10-8-15)19-18(17-6-4-5-11-21-17)22-20-23(19)12-14(3)24-20/h4-11,13-14,18-19H,12H2,1-3H3/t14-,18+,19-/m1/s1. The topological polar surface area (TPSA) is 28.5 Å². The highest BCUT2D eigenvalue weighted by atomic mass is 32.2. The second-order valence-electron chi connectivity index (χ2n) is 6.96. The molecular weight excluding hydrogens is 314 g/mol. The highest BCUT2D eigenvalue weighted by molar-refractivity contribution is 8.14. The van der Waals surface area contributed by atoms with Crippen LogP contribution in [0.25, 0.3) is 0 Å². The Kier molecular flexibility index (Phi) is 4.09. The van der Waals surface area contributed by atoms with Crippen molar-refractivity contribution in [3.63, 3.8) is 0 Å². The minimum atomic E-state index is 0.0890. The monoisotopic (exact) mass is 337 g/mol. The molecular formula is C20H23N3S. The Morgan fingerprint density at radius 3 is 2.58 bits per heavy atom. The first kappa shape index (κ1) is 15.7. The highest BCUT2D eigenvalue weighted by Crippen LogP contribution is 2.47. The van der Waals surface area contributed by atoms with E-state index in [0.29, 0.717) is 11.2 Å². The molecule has 0 spiro atoms. The smallest absolute Gasteiger partial charge is 0.160 e. The van der Waals surface area contributed by atoms with Crippen molar-refractivity contribution in [1.82, 2.24) is 9.88 Å². The molecule has 2 aromatic rings. The summed E-state index contributed by atoms with van der Waals surface area (Å²) < 4.78 is 0. The molecule has 2 aliphatic heterocycles. The summed E-state index contributed by atoms with van der Waals surface area (Å²) >= 11 is 1.89. The molecule has 124 valence electrons. The number of benzene rings is 1. The third-order valence-electron chi connectivity index (χ3n) is 4.83. The third-order valence-corrected chi connectivity index (χ3v) is 5.93. The number of rotatable bonds is 3. The molecule has 3 nitrogen and oxygen atoms in total. The van der Waals surface area contributed by atoms with Gasteiger partial charge < -0.3 is 4.90 Å². The van der Waals surface area contributed by atoms with E-state index >= 15 is 0 Å². The van der Waals surface area contributed by atoms with E-state index in [1.54, 1.807) is 0 Å². The average molecular weight is 337 g/mol. The Hall–Kier alpha value is -1.81. The molecule has 3 atom stereocenters. The van der Waals surface area contributed by atoms with Crippen LogP contribution in [0.15, 0.2) is 53.7 Å². The summed E-state index contributed by atoms with van der Waals surface area (Å²) in [7, 11) is 0. The Morgan fingerprint density at radius 2 is 1.92 bits per heavy atom. The van der Waals surface area contributed by atoms with Gasteiger partial charge in [-0.25, -0.2) is 0 Å². The lowest BCUT2D eigenvalue weighted by atomic mass is 9.94. The number of amidine groups is 1. The van der Waals surface area contributed by atoms with Crippen LogP contribution in [0.4, 0.5) is 0 Å². The van der Waals surface area contributed by atoms with Crippen molar-refractivity contribution >= 4 is 16.9 Å². The van der Waals surface area contributed by atoms with Crippen LogP contribution in [0.1, 0.15) is 55.6 Å². The van der Waals surface area contributed by atoms with E-state index in [4.69, 9.17) is 4.99 Å². The van der Waals surface area contributed by atoms with E-state index in [0.717, 1.165) is 12.2 Å². The zero-order valence-electron chi connectivity index (χ0n) is 14.4. The van der Waals surface area contributed by atoms with Crippen molar-refractivity contribution in [2.45, 2.75) is 44.0 Å². The maximum Gasteiger partial charge on any atom is 0.160 e. The fourth-order valence-corrected chi connectivity index (χ4v) is 4.65. The lowest BCUT2D eigenvalue weighted by Crippen LogP contribution is -2.28. The van der Waals surface area contributed by atoms with Crippen molar-refractivity contribution in [3.05, 3.63) is 65.5 Å². The molecule has 0 unspecified atom stereocenters. The van der Waals surface area contributed by atoms with Gasteiger partial charge in [-0.2, -0.15) is 0 Å². The van der Waals surface area contributed by atoms with E-state index in [1.165, 1.54) is 16.3 Å². The van der Waals surface area contributed by atoms with Crippen molar-refractivity contribution < 1.29 is 0 Å². The van der Waals surface area contributed by atoms with Gasteiger partial charge in [-0.1, -0.05) is 62.9 Å². The predicted molar refractivity (Wildman–Crippen MR) is 101 cm³/mol. The zero-order chi connectivity index (χ0) is 16.7. The van der Waals surface area contributed by atoms with Gasteiger partial charge in [0.15, 0.2) is 5.17 Å². The average Bonchev–Trinajstić information content (AvgIpc) is 3.11. The number of hydrogen-bond acceptors (Lipinski definition) is 4. The Morgan fingerprint density at radius 1 is 1.12 bits per heavy atom. The van der Waals surface area contributed by atoms with Crippen molar-refractivity contribution in [3.8, 4) is 0 Å². The van der Waals surface area contributed by atoms with Gasteiger partial charge in [0.1, 0.15) is 6.04 Å². The summed E-state index contributed by atoms with van der Waals surface area (Å²) in [6.07, 6.45) is 1.87. The summed E-state index contributed by atoms with van der Waals surface area (Å²) in [5.74, 6) is 0.559. The molecule has 1 fully saturated rings. The van der Waals surface area contributed by atoms with E-state index in [1.807, 2.05) is 24.0 Å². The first-order valence-electron chi connectivity index (χ1n) is 8.65.